The lowest BCUT2D eigenvalue weighted by atomic mass is 10.1. The Kier molecular flexibility index (Phi) is 15.6. The Hall–Kier alpha value is -1.36. The molecule has 0 spiro atoms. The average molecular weight is 342 g/mol. The van der Waals surface area contributed by atoms with E-state index in [0.717, 1.165) is 57.1 Å². The fourth-order valence-electron chi connectivity index (χ4n) is 2.22. The third-order valence-electron chi connectivity index (χ3n) is 3.63. The Morgan fingerprint density at radius 1 is 0.833 bits per heavy atom. The number of methoxy groups -OCH3 is 1. The van der Waals surface area contributed by atoms with E-state index in [1.807, 2.05) is 6.92 Å². The van der Waals surface area contributed by atoms with Gasteiger partial charge in [-0.2, -0.15) is 0 Å². The lowest BCUT2D eigenvalue weighted by Crippen LogP contribution is -2.18. The summed E-state index contributed by atoms with van der Waals surface area (Å²) in [7, 11) is 1.66. The zero-order valence-corrected chi connectivity index (χ0v) is 15.6. The van der Waals surface area contributed by atoms with E-state index in [9.17, 15) is 9.59 Å². The van der Waals surface area contributed by atoms with Crippen molar-refractivity contribution in [1.29, 1.82) is 0 Å². The summed E-state index contributed by atoms with van der Waals surface area (Å²) in [6, 6.07) is 0. The Morgan fingerprint density at radius 2 is 1.50 bits per heavy atom. The topological polar surface area (TPSA) is 61.8 Å². The lowest BCUT2D eigenvalue weighted by Gasteiger charge is -2.16. The number of ether oxygens (including phenoxy) is 3. The van der Waals surface area contributed by atoms with Crippen LogP contribution in [0.5, 0.6) is 0 Å². The highest BCUT2D eigenvalue weighted by Crippen LogP contribution is 2.13. The van der Waals surface area contributed by atoms with E-state index in [-0.39, 0.29) is 6.10 Å². The summed E-state index contributed by atoms with van der Waals surface area (Å²) in [5, 5.41) is 0. The SMILES string of the molecule is CCCCCCC(CCCOC)OC(=O)/C=C/C(=O)OCCCC. The fraction of sp³-hybridized carbons (Fsp3) is 0.789. The smallest absolute Gasteiger partial charge is 0.331 e. The van der Waals surface area contributed by atoms with Crippen LogP contribution in [0, 0.1) is 0 Å². The summed E-state index contributed by atoms with van der Waals surface area (Å²) in [6.45, 7) is 5.22. The summed E-state index contributed by atoms with van der Waals surface area (Å²) in [5.74, 6) is -0.986. The zero-order chi connectivity index (χ0) is 18.0. The number of hydrogen-bond acceptors (Lipinski definition) is 5. The molecular formula is C19H34O5. The molecule has 0 heterocycles. The van der Waals surface area contributed by atoms with Gasteiger partial charge in [0.1, 0.15) is 6.10 Å². The first-order chi connectivity index (χ1) is 11.6. The molecule has 0 rings (SSSR count). The maximum Gasteiger partial charge on any atom is 0.331 e. The summed E-state index contributed by atoms with van der Waals surface area (Å²) in [4.78, 5) is 23.3. The van der Waals surface area contributed by atoms with Gasteiger partial charge in [-0.05, 0) is 32.1 Å². The molecule has 0 amide bonds. The summed E-state index contributed by atoms with van der Waals surface area (Å²) in [6.07, 6.45) is 11.0. The summed E-state index contributed by atoms with van der Waals surface area (Å²) >= 11 is 0. The van der Waals surface area contributed by atoms with E-state index in [2.05, 4.69) is 6.92 Å². The maximum atomic E-state index is 11.9. The van der Waals surface area contributed by atoms with Gasteiger partial charge in [-0.25, -0.2) is 9.59 Å². The minimum absolute atomic E-state index is 0.120. The first-order valence-corrected chi connectivity index (χ1v) is 9.18. The van der Waals surface area contributed by atoms with Gasteiger partial charge in [-0.1, -0.05) is 39.5 Å². The van der Waals surface area contributed by atoms with Crippen LogP contribution in [0.4, 0.5) is 0 Å². The Bertz CT molecular complexity index is 352. The normalized spacial score (nSPS) is 12.3. The van der Waals surface area contributed by atoms with Crippen LogP contribution in [0.2, 0.25) is 0 Å². The lowest BCUT2D eigenvalue weighted by molar-refractivity contribution is -0.145. The monoisotopic (exact) mass is 342 g/mol. The third-order valence-corrected chi connectivity index (χ3v) is 3.63. The molecule has 0 radical (unpaired) electrons. The van der Waals surface area contributed by atoms with Crippen LogP contribution in [0.15, 0.2) is 12.2 Å². The van der Waals surface area contributed by atoms with E-state index < -0.39 is 11.9 Å². The van der Waals surface area contributed by atoms with Gasteiger partial charge < -0.3 is 14.2 Å². The predicted molar refractivity (Wildman–Crippen MR) is 94.8 cm³/mol. The quantitative estimate of drug-likeness (QED) is 0.254. The second-order valence-corrected chi connectivity index (χ2v) is 5.90. The molecule has 0 aliphatic carbocycles. The van der Waals surface area contributed by atoms with Crippen LogP contribution in [-0.4, -0.2) is 38.4 Å². The molecule has 0 aromatic heterocycles. The van der Waals surface area contributed by atoms with Crippen molar-refractivity contribution >= 4 is 11.9 Å². The number of unbranched alkanes of at least 4 members (excludes halogenated alkanes) is 4. The molecule has 0 saturated carbocycles. The van der Waals surface area contributed by atoms with Crippen LogP contribution < -0.4 is 0 Å². The van der Waals surface area contributed by atoms with E-state index in [1.165, 1.54) is 12.8 Å². The molecule has 0 saturated heterocycles. The molecule has 0 aromatic carbocycles. The molecule has 140 valence electrons. The number of carbonyl (C=O) groups is 2. The predicted octanol–water partition coefficient (Wildman–Crippen LogP) is 4.19. The van der Waals surface area contributed by atoms with Crippen molar-refractivity contribution in [3.8, 4) is 0 Å². The van der Waals surface area contributed by atoms with Crippen molar-refractivity contribution in [2.24, 2.45) is 0 Å². The Morgan fingerprint density at radius 3 is 2.17 bits per heavy atom. The molecule has 24 heavy (non-hydrogen) atoms. The van der Waals surface area contributed by atoms with Gasteiger partial charge in [0.15, 0.2) is 0 Å². The van der Waals surface area contributed by atoms with Crippen molar-refractivity contribution < 1.29 is 23.8 Å². The van der Waals surface area contributed by atoms with E-state index in [0.29, 0.717) is 13.2 Å². The number of esters is 2. The number of hydrogen-bond donors (Lipinski definition) is 0. The molecule has 0 aliphatic rings. The Balaban J connectivity index is 4.21. The summed E-state index contributed by atoms with van der Waals surface area (Å²) in [5.41, 5.74) is 0. The minimum atomic E-state index is -0.501. The van der Waals surface area contributed by atoms with Crippen molar-refractivity contribution in [2.45, 2.75) is 77.7 Å². The van der Waals surface area contributed by atoms with Crippen LogP contribution in [0.1, 0.15) is 71.6 Å². The van der Waals surface area contributed by atoms with Crippen LogP contribution in [-0.2, 0) is 23.8 Å². The third kappa shape index (κ3) is 14.2. The molecule has 0 bridgehead atoms. The molecule has 5 nitrogen and oxygen atoms in total. The molecule has 0 aromatic rings. The van der Waals surface area contributed by atoms with Gasteiger partial charge in [0.2, 0.25) is 0 Å². The number of carbonyl (C=O) groups excluding carboxylic acids is 2. The van der Waals surface area contributed by atoms with Gasteiger partial charge >= 0.3 is 11.9 Å². The first kappa shape index (κ1) is 22.6. The summed E-state index contributed by atoms with van der Waals surface area (Å²) < 4.78 is 15.5. The van der Waals surface area contributed by atoms with E-state index in [4.69, 9.17) is 14.2 Å². The minimum Gasteiger partial charge on any atom is -0.463 e. The van der Waals surface area contributed by atoms with Crippen molar-refractivity contribution in [3.63, 3.8) is 0 Å². The highest BCUT2D eigenvalue weighted by Gasteiger charge is 2.13. The standard InChI is InChI=1S/C19H34O5/c1-4-6-8-9-11-17(12-10-15-22-3)24-19(21)14-13-18(20)23-16-7-5-2/h13-14,17H,4-12,15-16H2,1-3H3/b14-13+. The van der Waals surface area contributed by atoms with Crippen LogP contribution in [0.25, 0.3) is 0 Å². The van der Waals surface area contributed by atoms with Gasteiger partial charge in [0, 0.05) is 25.9 Å². The average Bonchev–Trinajstić information content (AvgIpc) is 2.57. The largest absolute Gasteiger partial charge is 0.463 e. The second-order valence-electron chi connectivity index (χ2n) is 5.90. The van der Waals surface area contributed by atoms with Gasteiger partial charge in [0.05, 0.1) is 6.61 Å². The van der Waals surface area contributed by atoms with Crippen molar-refractivity contribution in [3.05, 3.63) is 12.2 Å². The van der Waals surface area contributed by atoms with Gasteiger partial charge in [-0.3, -0.25) is 0 Å². The van der Waals surface area contributed by atoms with Gasteiger partial charge in [-0.15, -0.1) is 0 Å². The highest BCUT2D eigenvalue weighted by molar-refractivity contribution is 5.91. The molecule has 1 unspecified atom stereocenters. The molecule has 0 fully saturated rings. The van der Waals surface area contributed by atoms with Gasteiger partial charge in [0.25, 0.3) is 0 Å². The molecule has 0 aliphatic heterocycles. The van der Waals surface area contributed by atoms with E-state index >= 15 is 0 Å². The van der Waals surface area contributed by atoms with E-state index in [1.54, 1.807) is 7.11 Å². The van der Waals surface area contributed by atoms with Crippen molar-refractivity contribution in [2.75, 3.05) is 20.3 Å². The second kappa shape index (κ2) is 16.5. The molecule has 1 atom stereocenters. The molecule has 0 N–H and O–H groups in total. The highest BCUT2D eigenvalue weighted by atomic mass is 16.5. The van der Waals surface area contributed by atoms with Crippen molar-refractivity contribution in [1.82, 2.24) is 0 Å². The van der Waals surface area contributed by atoms with Crippen LogP contribution >= 0.6 is 0 Å². The Labute approximate surface area is 146 Å². The van der Waals surface area contributed by atoms with Crippen LogP contribution in [0.3, 0.4) is 0 Å². The zero-order valence-electron chi connectivity index (χ0n) is 15.6. The first-order valence-electron chi connectivity index (χ1n) is 9.18. The fourth-order valence-corrected chi connectivity index (χ4v) is 2.22. The molecular weight excluding hydrogens is 308 g/mol. The molecule has 5 heteroatoms. The maximum absolute atomic E-state index is 11.9. The number of rotatable bonds is 15.